The molecule has 6 heteroatoms. The third kappa shape index (κ3) is 3.83. The maximum Gasteiger partial charge on any atom is 0.416 e. The zero-order chi connectivity index (χ0) is 13.9. The number of halogens is 3. The van der Waals surface area contributed by atoms with E-state index in [9.17, 15) is 13.2 Å². The summed E-state index contributed by atoms with van der Waals surface area (Å²) >= 11 is 0. The first-order valence-corrected chi connectivity index (χ1v) is 6.42. The maximum absolute atomic E-state index is 12.6. The van der Waals surface area contributed by atoms with Crippen molar-refractivity contribution < 1.29 is 13.2 Å². The third-order valence-electron chi connectivity index (χ3n) is 3.39. The van der Waals surface area contributed by atoms with Gasteiger partial charge in [-0.15, -0.1) is 0 Å². The Hall–Kier alpha value is -1.30. The van der Waals surface area contributed by atoms with E-state index < -0.39 is 11.7 Å². The summed E-state index contributed by atoms with van der Waals surface area (Å²) in [5.74, 6) is 0.843. The lowest BCUT2D eigenvalue weighted by atomic mass is 9.99. The summed E-state index contributed by atoms with van der Waals surface area (Å²) in [5, 5.41) is 3.30. The predicted molar refractivity (Wildman–Crippen MR) is 68.1 cm³/mol. The van der Waals surface area contributed by atoms with E-state index >= 15 is 0 Å². The van der Waals surface area contributed by atoms with Crippen molar-refractivity contribution in [2.24, 2.45) is 5.92 Å². The van der Waals surface area contributed by atoms with Crippen molar-refractivity contribution in [2.75, 3.05) is 31.6 Å². The third-order valence-corrected chi connectivity index (χ3v) is 3.39. The molecule has 0 spiro atoms. The summed E-state index contributed by atoms with van der Waals surface area (Å²) < 4.78 is 37.9. The molecule has 0 aromatic carbocycles. The van der Waals surface area contributed by atoms with Crippen LogP contribution < -0.4 is 10.2 Å². The number of nitrogens with one attached hydrogen (secondary N) is 1. The Labute approximate surface area is 110 Å². The maximum atomic E-state index is 12.6. The number of alkyl halides is 3. The van der Waals surface area contributed by atoms with Gasteiger partial charge in [-0.2, -0.15) is 13.2 Å². The first kappa shape index (κ1) is 14.1. The van der Waals surface area contributed by atoms with Gasteiger partial charge in [0.05, 0.1) is 5.56 Å². The van der Waals surface area contributed by atoms with Crippen LogP contribution in [0.4, 0.5) is 19.0 Å². The van der Waals surface area contributed by atoms with Gasteiger partial charge >= 0.3 is 6.18 Å². The van der Waals surface area contributed by atoms with Crippen LogP contribution in [0.3, 0.4) is 0 Å². The number of hydrogen-bond donors (Lipinski definition) is 1. The highest BCUT2D eigenvalue weighted by Crippen LogP contribution is 2.30. The summed E-state index contributed by atoms with van der Waals surface area (Å²) in [6, 6.07) is 2.11. The SMILES string of the molecule is CN(CC1CCCNC1)c1cc(C(F)(F)F)ccn1. The number of piperidine rings is 1. The largest absolute Gasteiger partial charge is 0.416 e. The number of nitrogens with zero attached hydrogens (tertiary/aromatic N) is 2. The molecule has 0 aliphatic carbocycles. The van der Waals surface area contributed by atoms with Gasteiger partial charge in [0.1, 0.15) is 5.82 Å². The second-order valence-electron chi connectivity index (χ2n) is 4.99. The molecule has 0 bridgehead atoms. The first-order chi connectivity index (χ1) is 8.97. The fourth-order valence-electron chi connectivity index (χ4n) is 2.36. The van der Waals surface area contributed by atoms with Crippen LogP contribution in [0.2, 0.25) is 0 Å². The number of hydrogen-bond acceptors (Lipinski definition) is 3. The average Bonchev–Trinajstić information content (AvgIpc) is 2.39. The van der Waals surface area contributed by atoms with E-state index in [0.717, 1.165) is 44.6 Å². The molecule has 0 radical (unpaired) electrons. The van der Waals surface area contributed by atoms with Gasteiger partial charge in [0.2, 0.25) is 0 Å². The Morgan fingerprint density at radius 3 is 2.89 bits per heavy atom. The molecule has 1 saturated heterocycles. The molecule has 1 unspecified atom stereocenters. The topological polar surface area (TPSA) is 28.2 Å². The molecule has 1 aliphatic heterocycles. The van der Waals surface area contributed by atoms with Gasteiger partial charge in [0.25, 0.3) is 0 Å². The highest BCUT2D eigenvalue weighted by molar-refractivity contribution is 5.41. The summed E-state index contributed by atoms with van der Waals surface area (Å²) in [6.07, 6.45) is -0.871. The van der Waals surface area contributed by atoms with Crippen molar-refractivity contribution >= 4 is 5.82 Å². The minimum absolute atomic E-state index is 0.375. The molecule has 19 heavy (non-hydrogen) atoms. The summed E-state index contributed by atoms with van der Waals surface area (Å²) in [4.78, 5) is 5.82. The molecule has 1 aliphatic rings. The number of pyridine rings is 1. The van der Waals surface area contributed by atoms with Crippen molar-refractivity contribution in [2.45, 2.75) is 19.0 Å². The lowest BCUT2D eigenvalue weighted by Crippen LogP contribution is -2.37. The summed E-state index contributed by atoms with van der Waals surface area (Å²) in [7, 11) is 1.79. The van der Waals surface area contributed by atoms with Crippen LogP contribution in [0.1, 0.15) is 18.4 Å². The summed E-state index contributed by atoms with van der Waals surface area (Å²) in [6.45, 7) is 2.67. The molecule has 106 valence electrons. The van der Waals surface area contributed by atoms with Crippen molar-refractivity contribution in [3.8, 4) is 0 Å². The molecule has 2 rings (SSSR count). The highest BCUT2D eigenvalue weighted by atomic mass is 19.4. The van der Waals surface area contributed by atoms with Crippen LogP contribution in [-0.2, 0) is 6.18 Å². The number of aromatic nitrogens is 1. The molecule has 1 aromatic rings. The van der Waals surface area contributed by atoms with E-state index in [4.69, 9.17) is 0 Å². The van der Waals surface area contributed by atoms with E-state index in [0.29, 0.717) is 11.7 Å². The van der Waals surface area contributed by atoms with Crippen LogP contribution in [0.25, 0.3) is 0 Å². The molecular formula is C13H18F3N3. The van der Waals surface area contributed by atoms with E-state index in [1.165, 1.54) is 6.20 Å². The van der Waals surface area contributed by atoms with Crippen LogP contribution in [-0.4, -0.2) is 31.7 Å². The molecule has 1 N–H and O–H groups in total. The van der Waals surface area contributed by atoms with Crippen LogP contribution in [0, 0.1) is 5.92 Å². The second-order valence-corrected chi connectivity index (χ2v) is 4.99. The fraction of sp³-hybridized carbons (Fsp3) is 0.615. The van der Waals surface area contributed by atoms with E-state index in [1.807, 2.05) is 0 Å². The van der Waals surface area contributed by atoms with Crippen LogP contribution >= 0.6 is 0 Å². The zero-order valence-corrected chi connectivity index (χ0v) is 10.9. The van der Waals surface area contributed by atoms with Crippen molar-refractivity contribution in [1.29, 1.82) is 0 Å². The predicted octanol–water partition coefficient (Wildman–Crippen LogP) is 2.54. The van der Waals surface area contributed by atoms with Gasteiger partial charge < -0.3 is 10.2 Å². The van der Waals surface area contributed by atoms with E-state index in [1.54, 1.807) is 11.9 Å². The van der Waals surface area contributed by atoms with Gasteiger partial charge in [-0.25, -0.2) is 4.98 Å². The zero-order valence-electron chi connectivity index (χ0n) is 10.9. The van der Waals surface area contributed by atoms with Gasteiger partial charge in [-0.1, -0.05) is 0 Å². The Kier molecular flexibility index (Phi) is 4.29. The minimum Gasteiger partial charge on any atom is -0.359 e. The van der Waals surface area contributed by atoms with Gasteiger partial charge in [0, 0.05) is 19.8 Å². The molecule has 1 aromatic heterocycles. The average molecular weight is 273 g/mol. The molecule has 1 fully saturated rings. The van der Waals surface area contributed by atoms with Crippen LogP contribution in [0.5, 0.6) is 0 Å². The number of anilines is 1. The molecule has 2 heterocycles. The minimum atomic E-state index is -4.31. The standard InChI is InChI=1S/C13H18F3N3/c1-19(9-10-3-2-5-17-8-10)12-7-11(4-6-18-12)13(14,15)16/h4,6-7,10,17H,2-3,5,8-9H2,1H3. The van der Waals surface area contributed by atoms with Crippen molar-refractivity contribution in [1.82, 2.24) is 10.3 Å². The molecule has 3 nitrogen and oxygen atoms in total. The Bertz CT molecular complexity index is 414. The normalized spacial score (nSPS) is 20.3. The Morgan fingerprint density at radius 1 is 1.47 bits per heavy atom. The Morgan fingerprint density at radius 2 is 2.26 bits per heavy atom. The lowest BCUT2D eigenvalue weighted by molar-refractivity contribution is -0.137. The molecule has 0 saturated carbocycles. The Balaban J connectivity index is 2.04. The second kappa shape index (κ2) is 5.77. The van der Waals surface area contributed by atoms with Gasteiger partial charge in [-0.05, 0) is 44.0 Å². The lowest BCUT2D eigenvalue weighted by Gasteiger charge is -2.28. The monoisotopic (exact) mass is 273 g/mol. The van der Waals surface area contributed by atoms with Gasteiger partial charge in [0.15, 0.2) is 0 Å². The molecule has 1 atom stereocenters. The van der Waals surface area contributed by atoms with Crippen molar-refractivity contribution in [3.63, 3.8) is 0 Å². The van der Waals surface area contributed by atoms with Crippen LogP contribution in [0.15, 0.2) is 18.3 Å². The van der Waals surface area contributed by atoms with Crippen molar-refractivity contribution in [3.05, 3.63) is 23.9 Å². The fourth-order valence-corrected chi connectivity index (χ4v) is 2.36. The summed E-state index contributed by atoms with van der Waals surface area (Å²) in [5.41, 5.74) is -0.647. The highest BCUT2D eigenvalue weighted by Gasteiger charge is 2.31. The van der Waals surface area contributed by atoms with Gasteiger partial charge in [-0.3, -0.25) is 0 Å². The van der Waals surface area contributed by atoms with E-state index in [2.05, 4.69) is 10.3 Å². The quantitative estimate of drug-likeness (QED) is 0.917. The smallest absolute Gasteiger partial charge is 0.359 e. The molecular weight excluding hydrogens is 255 g/mol. The van der Waals surface area contributed by atoms with E-state index in [-0.39, 0.29) is 0 Å². The first-order valence-electron chi connectivity index (χ1n) is 6.42. The number of rotatable bonds is 3. The molecule has 0 amide bonds.